The van der Waals surface area contributed by atoms with Crippen molar-refractivity contribution in [3.8, 4) is 0 Å². The highest BCUT2D eigenvalue weighted by molar-refractivity contribution is 7.32. The molecule has 0 rings (SSSR count). The van der Waals surface area contributed by atoms with E-state index in [9.17, 15) is 4.57 Å². The summed E-state index contributed by atoms with van der Waals surface area (Å²) in [6, 6.07) is 0. The second-order valence-electron chi connectivity index (χ2n) is 5.20. The number of ether oxygens (including phenoxy) is 1. The molecular formula is C11H24O4P+. The van der Waals surface area contributed by atoms with E-state index in [0.717, 1.165) is 12.8 Å². The van der Waals surface area contributed by atoms with Crippen LogP contribution in [0.2, 0.25) is 0 Å². The molecule has 4 nitrogen and oxygen atoms in total. The standard InChI is InChI=1S/C11H23O4P/c1-6-7-10(2,3)14-9-8-11(4,5)15-16(12)13/h6-9H2,1-5H3/p+1. The SMILES string of the molecule is CCCC(C)(C)OCCC(C)(C)O[P+](=O)O. The molecular weight excluding hydrogens is 227 g/mol. The van der Waals surface area contributed by atoms with Crippen molar-refractivity contribution >= 4 is 8.25 Å². The fourth-order valence-electron chi connectivity index (χ4n) is 1.50. The van der Waals surface area contributed by atoms with Crippen LogP contribution in [0.3, 0.4) is 0 Å². The molecule has 0 amide bonds. The van der Waals surface area contributed by atoms with Crippen LogP contribution in [0.5, 0.6) is 0 Å². The van der Waals surface area contributed by atoms with Crippen LogP contribution >= 0.6 is 8.25 Å². The predicted octanol–water partition coefficient (Wildman–Crippen LogP) is 3.42. The molecule has 0 bridgehead atoms. The molecule has 1 N–H and O–H groups in total. The van der Waals surface area contributed by atoms with E-state index >= 15 is 0 Å². The summed E-state index contributed by atoms with van der Waals surface area (Å²) in [6.45, 7) is 10.3. The van der Waals surface area contributed by atoms with E-state index in [1.54, 1.807) is 13.8 Å². The monoisotopic (exact) mass is 251 g/mol. The molecule has 0 aromatic carbocycles. The summed E-state index contributed by atoms with van der Waals surface area (Å²) in [5.74, 6) is 0. The first-order chi connectivity index (χ1) is 7.18. The Balaban J connectivity index is 3.92. The van der Waals surface area contributed by atoms with Gasteiger partial charge in [-0.15, -0.1) is 9.42 Å². The Morgan fingerprint density at radius 2 is 1.69 bits per heavy atom. The summed E-state index contributed by atoms with van der Waals surface area (Å²) < 4.78 is 21.2. The molecule has 0 fully saturated rings. The fraction of sp³-hybridized carbons (Fsp3) is 1.00. The van der Waals surface area contributed by atoms with Crippen molar-refractivity contribution in [3.63, 3.8) is 0 Å². The highest BCUT2D eigenvalue weighted by atomic mass is 31.1. The predicted molar refractivity (Wildman–Crippen MR) is 64.5 cm³/mol. The van der Waals surface area contributed by atoms with Gasteiger partial charge in [0.05, 0.1) is 12.2 Å². The molecule has 1 atom stereocenters. The maximum Gasteiger partial charge on any atom is 0.695 e. The number of rotatable bonds is 8. The average Bonchev–Trinajstić information content (AvgIpc) is 1.99. The Hall–Kier alpha value is -0.0200. The molecule has 0 heterocycles. The van der Waals surface area contributed by atoms with Crippen LogP contribution in [-0.2, 0) is 13.8 Å². The summed E-state index contributed by atoms with van der Waals surface area (Å²) in [5.41, 5.74) is -0.753. The molecule has 0 radical (unpaired) electrons. The van der Waals surface area contributed by atoms with Gasteiger partial charge in [0, 0.05) is 11.0 Å². The van der Waals surface area contributed by atoms with Crippen molar-refractivity contribution < 1.29 is 18.7 Å². The van der Waals surface area contributed by atoms with Crippen LogP contribution < -0.4 is 0 Å². The minimum atomic E-state index is -2.55. The summed E-state index contributed by atoms with van der Waals surface area (Å²) in [4.78, 5) is 8.68. The van der Waals surface area contributed by atoms with E-state index in [0.29, 0.717) is 13.0 Å². The van der Waals surface area contributed by atoms with Crippen molar-refractivity contribution in [2.75, 3.05) is 6.61 Å². The Bertz CT molecular complexity index is 226. The van der Waals surface area contributed by atoms with Crippen molar-refractivity contribution in [3.05, 3.63) is 0 Å². The van der Waals surface area contributed by atoms with Gasteiger partial charge in [0.1, 0.15) is 5.60 Å². The lowest BCUT2D eigenvalue weighted by atomic mass is 10.0. The zero-order valence-corrected chi connectivity index (χ0v) is 11.8. The highest BCUT2D eigenvalue weighted by Crippen LogP contribution is 2.29. The molecule has 0 aromatic heterocycles. The molecule has 96 valence electrons. The van der Waals surface area contributed by atoms with Gasteiger partial charge >= 0.3 is 8.25 Å². The minimum Gasteiger partial charge on any atom is -0.375 e. The van der Waals surface area contributed by atoms with Gasteiger partial charge in [-0.3, -0.25) is 0 Å². The molecule has 0 spiro atoms. The van der Waals surface area contributed by atoms with Crippen LogP contribution in [-0.4, -0.2) is 22.7 Å². The lowest BCUT2D eigenvalue weighted by Crippen LogP contribution is -2.29. The quantitative estimate of drug-likeness (QED) is 0.671. The average molecular weight is 251 g/mol. The molecule has 5 heteroatoms. The Kier molecular flexibility index (Phi) is 6.64. The fourth-order valence-corrected chi connectivity index (χ4v) is 2.02. The zero-order valence-electron chi connectivity index (χ0n) is 10.9. The molecule has 0 aliphatic carbocycles. The summed E-state index contributed by atoms with van der Waals surface area (Å²) in [7, 11) is -2.55. The third kappa shape index (κ3) is 8.17. The maximum absolute atomic E-state index is 10.6. The smallest absolute Gasteiger partial charge is 0.375 e. The van der Waals surface area contributed by atoms with E-state index in [-0.39, 0.29) is 5.60 Å². The van der Waals surface area contributed by atoms with Gasteiger partial charge in [-0.1, -0.05) is 13.3 Å². The van der Waals surface area contributed by atoms with Gasteiger partial charge in [-0.05, 0) is 34.1 Å². The van der Waals surface area contributed by atoms with Crippen molar-refractivity contribution in [2.45, 2.75) is 65.1 Å². The van der Waals surface area contributed by atoms with Crippen LogP contribution in [0.25, 0.3) is 0 Å². The third-order valence-corrected chi connectivity index (χ3v) is 3.02. The number of hydrogen-bond acceptors (Lipinski definition) is 3. The third-order valence-electron chi connectivity index (χ3n) is 2.37. The minimum absolute atomic E-state index is 0.133. The summed E-state index contributed by atoms with van der Waals surface area (Å²) >= 11 is 0. The lowest BCUT2D eigenvalue weighted by molar-refractivity contribution is -0.0453. The molecule has 0 aliphatic rings. The first-order valence-electron chi connectivity index (χ1n) is 5.68. The van der Waals surface area contributed by atoms with Gasteiger partial charge < -0.3 is 4.74 Å². The first-order valence-corrected chi connectivity index (χ1v) is 6.81. The van der Waals surface area contributed by atoms with Crippen molar-refractivity contribution in [1.82, 2.24) is 0 Å². The second kappa shape index (κ2) is 6.65. The van der Waals surface area contributed by atoms with E-state index in [1.807, 2.05) is 0 Å². The van der Waals surface area contributed by atoms with Crippen LogP contribution in [0.1, 0.15) is 53.9 Å². The maximum atomic E-state index is 10.6. The van der Waals surface area contributed by atoms with Crippen molar-refractivity contribution in [1.29, 1.82) is 0 Å². The topological polar surface area (TPSA) is 55.8 Å². The van der Waals surface area contributed by atoms with Gasteiger partial charge in [0.2, 0.25) is 0 Å². The van der Waals surface area contributed by atoms with Gasteiger partial charge in [-0.2, -0.15) is 0 Å². The Morgan fingerprint density at radius 1 is 1.12 bits per heavy atom. The first kappa shape index (κ1) is 16.0. The van der Waals surface area contributed by atoms with E-state index in [4.69, 9.17) is 14.2 Å². The van der Waals surface area contributed by atoms with Crippen LogP contribution in [0.15, 0.2) is 0 Å². The van der Waals surface area contributed by atoms with Crippen LogP contribution in [0.4, 0.5) is 0 Å². The zero-order chi connectivity index (χ0) is 12.8. The Labute approximate surface area is 99.3 Å². The molecule has 1 unspecified atom stereocenters. The van der Waals surface area contributed by atoms with E-state index in [1.165, 1.54) is 0 Å². The highest BCUT2D eigenvalue weighted by Gasteiger charge is 2.31. The Morgan fingerprint density at radius 3 is 2.12 bits per heavy atom. The van der Waals surface area contributed by atoms with Gasteiger partial charge in [0.25, 0.3) is 0 Å². The molecule has 16 heavy (non-hydrogen) atoms. The van der Waals surface area contributed by atoms with E-state index < -0.39 is 13.9 Å². The number of hydrogen-bond donors (Lipinski definition) is 1. The summed E-state index contributed by atoms with van der Waals surface area (Å²) in [6.07, 6.45) is 2.68. The molecule has 0 saturated heterocycles. The van der Waals surface area contributed by atoms with E-state index in [2.05, 4.69) is 20.8 Å². The van der Waals surface area contributed by atoms with Crippen LogP contribution in [0, 0.1) is 0 Å². The molecule has 0 aliphatic heterocycles. The summed E-state index contributed by atoms with van der Waals surface area (Å²) in [5, 5.41) is 0. The van der Waals surface area contributed by atoms with Gasteiger partial charge in [-0.25, -0.2) is 0 Å². The lowest BCUT2D eigenvalue weighted by Gasteiger charge is -2.26. The van der Waals surface area contributed by atoms with Gasteiger partial charge in [0.15, 0.2) is 0 Å². The largest absolute Gasteiger partial charge is 0.695 e. The second-order valence-corrected chi connectivity index (χ2v) is 5.86. The normalized spacial score (nSPS) is 14.0. The molecule has 0 aromatic rings. The molecule has 0 saturated carbocycles. The van der Waals surface area contributed by atoms with Crippen molar-refractivity contribution in [2.24, 2.45) is 0 Å².